The predicted molar refractivity (Wildman–Crippen MR) is 86.4 cm³/mol. The molecule has 0 aliphatic carbocycles. The van der Waals surface area contributed by atoms with Crippen LogP contribution < -0.4 is 0 Å². The van der Waals surface area contributed by atoms with Crippen LogP contribution in [-0.4, -0.2) is 24.8 Å². The molecule has 1 aromatic rings. The summed E-state index contributed by atoms with van der Waals surface area (Å²) >= 11 is 3.54. The average Bonchev–Trinajstić information content (AvgIpc) is 2.53. The van der Waals surface area contributed by atoms with Gasteiger partial charge in [0.2, 0.25) is 0 Å². The van der Waals surface area contributed by atoms with Gasteiger partial charge in [0.25, 0.3) is 0 Å². The van der Waals surface area contributed by atoms with Gasteiger partial charge in [-0.15, -0.1) is 0 Å². The topological polar surface area (TPSA) is 18.5 Å². The number of hydrogen-bond donors (Lipinski definition) is 0. The molecule has 2 nitrogen and oxygen atoms in total. The van der Waals surface area contributed by atoms with Crippen molar-refractivity contribution in [3.63, 3.8) is 0 Å². The van der Waals surface area contributed by atoms with E-state index < -0.39 is 0 Å². The van der Waals surface area contributed by atoms with Crippen LogP contribution in [0.2, 0.25) is 0 Å². The van der Waals surface area contributed by atoms with Gasteiger partial charge in [-0.05, 0) is 37.7 Å². The van der Waals surface area contributed by atoms with E-state index in [1.165, 1.54) is 18.4 Å². The van der Waals surface area contributed by atoms with Crippen molar-refractivity contribution in [3.05, 3.63) is 35.9 Å². The third-order valence-electron chi connectivity index (χ3n) is 4.06. The molecule has 1 saturated heterocycles. The quantitative estimate of drug-likeness (QED) is 0.672. The van der Waals surface area contributed by atoms with Crippen LogP contribution in [0.3, 0.4) is 0 Å². The lowest BCUT2D eigenvalue weighted by Crippen LogP contribution is -2.33. The van der Waals surface area contributed by atoms with E-state index in [1.54, 1.807) is 0 Å². The van der Waals surface area contributed by atoms with Crippen LogP contribution in [0.25, 0.3) is 0 Å². The zero-order valence-corrected chi connectivity index (χ0v) is 13.9. The molecular formula is C17H25BrO2. The van der Waals surface area contributed by atoms with Crippen LogP contribution >= 0.6 is 15.9 Å². The maximum atomic E-state index is 6.06. The average molecular weight is 341 g/mol. The number of alkyl halides is 1. The first-order valence-electron chi connectivity index (χ1n) is 7.59. The summed E-state index contributed by atoms with van der Waals surface area (Å²) in [5, 5.41) is 1.04. The van der Waals surface area contributed by atoms with Crippen molar-refractivity contribution in [2.75, 3.05) is 18.5 Å². The number of rotatable bonds is 7. The molecule has 1 fully saturated rings. The fourth-order valence-electron chi connectivity index (χ4n) is 2.72. The molecule has 1 aliphatic rings. The second-order valence-electron chi connectivity index (χ2n) is 5.83. The van der Waals surface area contributed by atoms with Gasteiger partial charge in [-0.25, -0.2) is 0 Å². The van der Waals surface area contributed by atoms with Gasteiger partial charge in [-0.3, -0.25) is 0 Å². The molecule has 1 aromatic carbocycles. The van der Waals surface area contributed by atoms with Crippen molar-refractivity contribution in [2.45, 2.75) is 50.7 Å². The summed E-state index contributed by atoms with van der Waals surface area (Å²) < 4.78 is 11.7. The Kier molecular flexibility index (Phi) is 6.53. The van der Waals surface area contributed by atoms with Crippen molar-refractivity contribution in [1.82, 2.24) is 0 Å². The smallest absolute Gasteiger partial charge is 0.157 e. The maximum Gasteiger partial charge on any atom is 0.157 e. The maximum absolute atomic E-state index is 6.06. The highest BCUT2D eigenvalue weighted by Gasteiger charge is 2.28. The zero-order valence-electron chi connectivity index (χ0n) is 12.3. The molecule has 1 heterocycles. The highest BCUT2D eigenvalue weighted by Crippen LogP contribution is 2.31. The predicted octanol–water partition coefficient (Wildman–Crippen LogP) is 4.66. The van der Waals surface area contributed by atoms with Crippen molar-refractivity contribution in [1.29, 1.82) is 0 Å². The van der Waals surface area contributed by atoms with Gasteiger partial charge >= 0.3 is 0 Å². The molecule has 0 aromatic heterocycles. The summed E-state index contributed by atoms with van der Waals surface area (Å²) in [7, 11) is 0. The van der Waals surface area contributed by atoms with Gasteiger partial charge in [0.15, 0.2) is 6.29 Å². The summed E-state index contributed by atoms with van der Waals surface area (Å²) in [5.41, 5.74) is 1.42. The van der Waals surface area contributed by atoms with Gasteiger partial charge in [-0.1, -0.05) is 53.2 Å². The number of benzene rings is 1. The second-order valence-corrected chi connectivity index (χ2v) is 6.62. The van der Waals surface area contributed by atoms with Crippen molar-refractivity contribution in [2.24, 2.45) is 0 Å². The normalized spacial score (nSPS) is 22.4. The lowest BCUT2D eigenvalue weighted by Gasteiger charge is -2.33. The Bertz CT molecular complexity index is 376. The Morgan fingerprint density at radius 2 is 2.10 bits per heavy atom. The minimum absolute atomic E-state index is 0.00393. The zero-order chi connectivity index (χ0) is 14.3. The van der Waals surface area contributed by atoms with Crippen LogP contribution in [0.1, 0.15) is 44.6 Å². The van der Waals surface area contributed by atoms with E-state index in [0.717, 1.165) is 37.8 Å². The first-order chi connectivity index (χ1) is 9.74. The van der Waals surface area contributed by atoms with E-state index in [-0.39, 0.29) is 11.7 Å². The van der Waals surface area contributed by atoms with E-state index >= 15 is 0 Å². The molecule has 3 heteroatoms. The van der Waals surface area contributed by atoms with Gasteiger partial charge < -0.3 is 9.47 Å². The van der Waals surface area contributed by atoms with Gasteiger partial charge in [0, 0.05) is 17.4 Å². The summed E-state index contributed by atoms with van der Waals surface area (Å²) in [4.78, 5) is 0. The lowest BCUT2D eigenvalue weighted by atomic mass is 9.79. The molecule has 0 radical (unpaired) electrons. The lowest BCUT2D eigenvalue weighted by molar-refractivity contribution is -0.171. The Morgan fingerprint density at radius 3 is 2.75 bits per heavy atom. The summed E-state index contributed by atoms with van der Waals surface area (Å²) in [6, 6.07) is 10.7. The molecule has 0 spiro atoms. The van der Waals surface area contributed by atoms with Crippen molar-refractivity contribution in [3.8, 4) is 0 Å². The minimum atomic E-state index is -0.00393. The summed E-state index contributed by atoms with van der Waals surface area (Å²) in [6.45, 7) is 3.87. The third kappa shape index (κ3) is 4.57. The van der Waals surface area contributed by atoms with Crippen LogP contribution in [0, 0.1) is 0 Å². The van der Waals surface area contributed by atoms with Crippen LogP contribution in [0.4, 0.5) is 0 Å². The number of hydrogen-bond acceptors (Lipinski definition) is 2. The third-order valence-corrected chi connectivity index (χ3v) is 4.62. The first kappa shape index (κ1) is 16.0. The Hall–Kier alpha value is -0.380. The standard InChI is InChI=1S/C17H25BrO2/c1-17(11-7-12-18,15-8-3-2-4-9-15)14-20-16-10-5-6-13-19-16/h2-4,8-9,16H,5-7,10-14H2,1H3/t16-,17-/m1/s1. The Labute approximate surface area is 131 Å². The second kappa shape index (κ2) is 8.16. The summed E-state index contributed by atoms with van der Waals surface area (Å²) in [6.07, 6.45) is 5.68. The minimum Gasteiger partial charge on any atom is -0.353 e. The number of ether oxygens (including phenoxy) is 2. The molecule has 2 atom stereocenters. The van der Waals surface area contributed by atoms with E-state index in [4.69, 9.17) is 9.47 Å². The van der Waals surface area contributed by atoms with Gasteiger partial charge in [0.1, 0.15) is 0 Å². The Balaban J connectivity index is 1.98. The van der Waals surface area contributed by atoms with Crippen molar-refractivity contribution < 1.29 is 9.47 Å². The number of halogens is 1. The molecule has 112 valence electrons. The fourth-order valence-corrected chi connectivity index (χ4v) is 3.00. The van der Waals surface area contributed by atoms with E-state index in [2.05, 4.69) is 53.2 Å². The monoisotopic (exact) mass is 340 g/mol. The molecular weight excluding hydrogens is 316 g/mol. The molecule has 2 rings (SSSR count). The molecule has 20 heavy (non-hydrogen) atoms. The Morgan fingerprint density at radius 1 is 1.30 bits per heavy atom. The molecule has 1 aliphatic heterocycles. The van der Waals surface area contributed by atoms with E-state index in [1.807, 2.05) is 0 Å². The molecule has 0 N–H and O–H groups in total. The molecule has 0 unspecified atom stereocenters. The van der Waals surface area contributed by atoms with Crippen LogP contribution in [0.5, 0.6) is 0 Å². The largest absolute Gasteiger partial charge is 0.353 e. The van der Waals surface area contributed by atoms with E-state index in [9.17, 15) is 0 Å². The fraction of sp³-hybridized carbons (Fsp3) is 0.647. The van der Waals surface area contributed by atoms with Crippen LogP contribution in [0.15, 0.2) is 30.3 Å². The first-order valence-corrected chi connectivity index (χ1v) is 8.71. The summed E-state index contributed by atoms with van der Waals surface area (Å²) in [5.74, 6) is 0. The molecule has 0 amide bonds. The van der Waals surface area contributed by atoms with Crippen molar-refractivity contribution >= 4 is 15.9 Å². The van der Waals surface area contributed by atoms with Crippen LogP contribution in [-0.2, 0) is 14.9 Å². The van der Waals surface area contributed by atoms with E-state index in [0.29, 0.717) is 0 Å². The molecule has 0 saturated carbocycles. The SMILES string of the molecule is C[C@@](CCCBr)(CO[C@@H]1CCCCO1)c1ccccc1. The highest BCUT2D eigenvalue weighted by atomic mass is 79.9. The van der Waals surface area contributed by atoms with Gasteiger partial charge in [-0.2, -0.15) is 0 Å². The molecule has 0 bridgehead atoms. The van der Waals surface area contributed by atoms with Gasteiger partial charge in [0.05, 0.1) is 6.61 Å². The highest BCUT2D eigenvalue weighted by molar-refractivity contribution is 9.09.